The van der Waals surface area contributed by atoms with E-state index in [1.807, 2.05) is 60.5 Å². The van der Waals surface area contributed by atoms with Crippen molar-refractivity contribution in [1.82, 2.24) is 34.1 Å². The molecule has 5 heterocycles. The van der Waals surface area contributed by atoms with Crippen molar-refractivity contribution in [2.45, 2.75) is 12.8 Å². The number of aromatic amines is 1. The summed E-state index contributed by atoms with van der Waals surface area (Å²) in [5.74, 6) is 0.0415. The molecule has 1 aliphatic heterocycles. The molecule has 1 N–H and O–H groups in total. The molecule has 6 rings (SSSR count). The largest absolute Gasteiger partial charge is 0.350 e. The first-order chi connectivity index (χ1) is 17.4. The normalized spacial score (nSPS) is 14.9. The topological polar surface area (TPSA) is 92.1 Å². The van der Waals surface area contributed by atoms with Gasteiger partial charge in [0, 0.05) is 105 Å². The first-order valence-electron chi connectivity index (χ1n) is 12.3. The van der Waals surface area contributed by atoms with Crippen molar-refractivity contribution in [3.8, 4) is 11.3 Å². The van der Waals surface area contributed by atoms with Gasteiger partial charge in [-0.3, -0.25) is 14.3 Å². The SMILES string of the molecule is CN1CCN(C(=O)CCC(=O)c2ccc3c(c2)c(-c2cc4c(ncc5c[nH]n(C)c54)n2)cn3C)CC1. The predicted molar refractivity (Wildman–Crippen MR) is 140 cm³/mol. The molecule has 1 aliphatic rings. The van der Waals surface area contributed by atoms with Gasteiger partial charge in [0.15, 0.2) is 11.4 Å². The molecule has 0 atom stereocenters. The van der Waals surface area contributed by atoms with E-state index in [1.54, 1.807) is 0 Å². The highest BCUT2D eigenvalue weighted by molar-refractivity contribution is 6.07. The van der Waals surface area contributed by atoms with Crippen LogP contribution < -0.4 is 0 Å². The lowest BCUT2D eigenvalue weighted by molar-refractivity contribution is -0.132. The number of carbonyl (C=O) groups is 2. The highest BCUT2D eigenvalue weighted by Crippen LogP contribution is 2.34. The zero-order valence-electron chi connectivity index (χ0n) is 20.8. The summed E-state index contributed by atoms with van der Waals surface area (Å²) in [6.45, 7) is 3.21. The smallest absolute Gasteiger partial charge is 0.223 e. The number of hydrogen-bond acceptors (Lipinski definition) is 5. The van der Waals surface area contributed by atoms with Crippen LogP contribution in [0.5, 0.6) is 0 Å². The number of aromatic nitrogens is 5. The number of ketones is 1. The summed E-state index contributed by atoms with van der Waals surface area (Å²) >= 11 is 0. The van der Waals surface area contributed by atoms with Crippen LogP contribution in [0.1, 0.15) is 23.2 Å². The molecule has 0 radical (unpaired) electrons. The minimum atomic E-state index is -0.0162. The zero-order valence-corrected chi connectivity index (χ0v) is 20.8. The molecule has 1 saturated heterocycles. The number of aryl methyl sites for hydroxylation is 2. The average Bonchev–Trinajstić information content (AvgIpc) is 3.57. The predicted octanol–water partition coefficient (Wildman–Crippen LogP) is 3.35. The number of pyridine rings is 1. The molecule has 0 spiro atoms. The fraction of sp³-hybridized carbons (Fsp3) is 0.333. The van der Waals surface area contributed by atoms with E-state index in [4.69, 9.17) is 4.98 Å². The quantitative estimate of drug-likeness (QED) is 0.387. The summed E-state index contributed by atoms with van der Waals surface area (Å²) < 4.78 is 4.02. The van der Waals surface area contributed by atoms with E-state index in [0.29, 0.717) is 11.2 Å². The Labute approximate surface area is 208 Å². The molecule has 0 aliphatic carbocycles. The molecule has 5 aromatic rings. The number of nitrogens with zero attached hydrogens (tertiary/aromatic N) is 6. The van der Waals surface area contributed by atoms with Crippen molar-refractivity contribution in [2.75, 3.05) is 33.2 Å². The van der Waals surface area contributed by atoms with E-state index in [2.05, 4.69) is 32.7 Å². The molecule has 9 heteroatoms. The molecular weight excluding hydrogens is 454 g/mol. The molecule has 36 heavy (non-hydrogen) atoms. The number of benzene rings is 1. The third-order valence-corrected chi connectivity index (χ3v) is 7.36. The van der Waals surface area contributed by atoms with Crippen LogP contribution in [0.25, 0.3) is 44.1 Å². The van der Waals surface area contributed by atoms with Crippen molar-refractivity contribution in [3.05, 3.63) is 48.4 Å². The summed E-state index contributed by atoms with van der Waals surface area (Å²) in [6.07, 6.45) is 6.26. The highest BCUT2D eigenvalue weighted by atomic mass is 16.2. The first kappa shape index (κ1) is 22.5. The number of H-pyrrole nitrogens is 1. The summed E-state index contributed by atoms with van der Waals surface area (Å²) in [6, 6.07) is 7.83. The number of nitrogens with one attached hydrogen (secondary N) is 1. The molecule has 1 amide bonds. The third kappa shape index (κ3) is 3.76. The fourth-order valence-electron chi connectivity index (χ4n) is 5.23. The Morgan fingerprint density at radius 3 is 2.61 bits per heavy atom. The molecule has 0 bridgehead atoms. The van der Waals surface area contributed by atoms with Gasteiger partial charge in [0.25, 0.3) is 0 Å². The third-order valence-electron chi connectivity index (χ3n) is 7.36. The Kier molecular flexibility index (Phi) is 5.37. The Hall–Kier alpha value is -3.98. The van der Waals surface area contributed by atoms with Crippen LogP contribution in [0.2, 0.25) is 0 Å². The van der Waals surface area contributed by atoms with Gasteiger partial charge < -0.3 is 19.5 Å². The van der Waals surface area contributed by atoms with E-state index in [0.717, 1.165) is 64.6 Å². The number of carbonyl (C=O) groups excluding carboxylic acids is 2. The second-order valence-corrected chi connectivity index (χ2v) is 9.77. The minimum Gasteiger partial charge on any atom is -0.350 e. The van der Waals surface area contributed by atoms with Crippen LogP contribution in [0, 0.1) is 0 Å². The number of piperazine rings is 1. The molecule has 184 valence electrons. The Balaban J connectivity index is 1.29. The second kappa shape index (κ2) is 8.60. The zero-order chi connectivity index (χ0) is 25.0. The van der Waals surface area contributed by atoms with Gasteiger partial charge in [-0.05, 0) is 31.3 Å². The number of rotatable bonds is 5. The monoisotopic (exact) mass is 483 g/mol. The molecule has 4 aromatic heterocycles. The van der Waals surface area contributed by atoms with Gasteiger partial charge in [0.05, 0.1) is 11.2 Å². The molecular formula is C27H29N7O2. The number of fused-ring (bicyclic) bond motifs is 4. The number of hydrogen-bond donors (Lipinski definition) is 1. The van der Waals surface area contributed by atoms with Gasteiger partial charge in [-0.2, -0.15) is 0 Å². The van der Waals surface area contributed by atoms with Gasteiger partial charge in [-0.1, -0.05) is 0 Å². The van der Waals surface area contributed by atoms with E-state index < -0.39 is 0 Å². The van der Waals surface area contributed by atoms with Crippen molar-refractivity contribution in [2.24, 2.45) is 14.1 Å². The van der Waals surface area contributed by atoms with Crippen LogP contribution in [0.3, 0.4) is 0 Å². The molecule has 9 nitrogen and oxygen atoms in total. The Bertz CT molecular complexity index is 1630. The summed E-state index contributed by atoms with van der Waals surface area (Å²) in [5, 5.41) is 6.17. The van der Waals surface area contributed by atoms with Crippen molar-refractivity contribution in [3.63, 3.8) is 0 Å². The Morgan fingerprint density at radius 1 is 1.00 bits per heavy atom. The lowest BCUT2D eigenvalue weighted by atomic mass is 10.0. The maximum Gasteiger partial charge on any atom is 0.223 e. The van der Waals surface area contributed by atoms with E-state index in [1.165, 1.54) is 0 Å². The molecule has 1 aromatic carbocycles. The van der Waals surface area contributed by atoms with Crippen molar-refractivity contribution in [1.29, 1.82) is 0 Å². The summed E-state index contributed by atoms with van der Waals surface area (Å²) in [7, 11) is 6.02. The van der Waals surface area contributed by atoms with Crippen molar-refractivity contribution >= 4 is 44.5 Å². The second-order valence-electron chi connectivity index (χ2n) is 9.77. The van der Waals surface area contributed by atoms with E-state index >= 15 is 0 Å². The minimum absolute atomic E-state index is 0.0162. The lowest BCUT2D eigenvalue weighted by Crippen LogP contribution is -2.47. The fourth-order valence-corrected chi connectivity index (χ4v) is 5.23. The highest BCUT2D eigenvalue weighted by Gasteiger charge is 2.21. The number of amides is 1. The number of Topliss-reactive ketones (excluding diaryl/α,β-unsaturated/α-hetero) is 1. The van der Waals surface area contributed by atoms with E-state index in [9.17, 15) is 9.59 Å². The van der Waals surface area contributed by atoms with Gasteiger partial charge in [-0.25, -0.2) is 9.97 Å². The molecule has 0 unspecified atom stereocenters. The maximum absolute atomic E-state index is 13.1. The van der Waals surface area contributed by atoms with E-state index in [-0.39, 0.29) is 24.5 Å². The number of likely N-dealkylation sites (N-methyl/N-ethyl adjacent to an activating group) is 1. The lowest BCUT2D eigenvalue weighted by Gasteiger charge is -2.32. The summed E-state index contributed by atoms with van der Waals surface area (Å²) in [5.41, 5.74) is 5.17. The summed E-state index contributed by atoms with van der Waals surface area (Å²) in [4.78, 5) is 39.1. The van der Waals surface area contributed by atoms with Gasteiger partial charge in [0.2, 0.25) is 5.91 Å². The first-order valence-corrected chi connectivity index (χ1v) is 12.3. The van der Waals surface area contributed by atoms with Gasteiger partial charge in [0.1, 0.15) is 0 Å². The standard InChI is InChI=1S/C27H29N7O2/c1-31-8-10-34(11-9-31)25(36)7-6-24(35)17-4-5-23-19(12-17)21(16-32(23)2)22-13-20-26-18(15-29-33(26)3)14-28-27(20)30-22/h4-5,12-16,29H,6-11H2,1-3H3. The van der Waals surface area contributed by atoms with Crippen LogP contribution in [0.15, 0.2) is 42.9 Å². The van der Waals surface area contributed by atoms with Crippen LogP contribution in [0.4, 0.5) is 0 Å². The molecule has 0 saturated carbocycles. The van der Waals surface area contributed by atoms with Crippen molar-refractivity contribution < 1.29 is 9.59 Å². The Morgan fingerprint density at radius 2 is 1.81 bits per heavy atom. The van der Waals surface area contributed by atoms with Crippen LogP contribution in [-0.2, 0) is 18.9 Å². The van der Waals surface area contributed by atoms with Crippen LogP contribution in [-0.4, -0.2) is 79.0 Å². The maximum atomic E-state index is 13.1. The average molecular weight is 484 g/mol. The van der Waals surface area contributed by atoms with Gasteiger partial charge >= 0.3 is 0 Å². The van der Waals surface area contributed by atoms with Gasteiger partial charge in [-0.15, -0.1) is 0 Å². The van der Waals surface area contributed by atoms with Crippen LogP contribution >= 0.6 is 0 Å². The molecule has 1 fully saturated rings.